The molecular formula is C22H46O2Si. The number of aliphatic hydroxyl groups is 1. The van der Waals surface area contributed by atoms with Crippen molar-refractivity contribution in [3.05, 3.63) is 12.7 Å². The molecule has 0 saturated carbocycles. The normalized spacial score (nSPS) is 13.8. The zero-order chi connectivity index (χ0) is 19.2. The lowest BCUT2D eigenvalue weighted by atomic mass is 10.0. The molecule has 2 nitrogen and oxygen atoms in total. The van der Waals surface area contributed by atoms with E-state index in [0.717, 1.165) is 38.7 Å². The first-order valence-corrected chi connectivity index (χ1v) is 13.5. The predicted octanol–water partition coefficient (Wildman–Crippen LogP) is 7.24. The van der Waals surface area contributed by atoms with Crippen molar-refractivity contribution in [2.24, 2.45) is 0 Å². The minimum absolute atomic E-state index is 0.0864. The summed E-state index contributed by atoms with van der Waals surface area (Å²) in [5, 5.41) is 10.4. The molecule has 1 N–H and O–H groups in total. The van der Waals surface area contributed by atoms with Crippen LogP contribution < -0.4 is 0 Å². The zero-order valence-electron chi connectivity index (χ0n) is 17.9. The maximum absolute atomic E-state index is 10.1. The molecule has 0 bridgehead atoms. The molecule has 3 heteroatoms. The van der Waals surface area contributed by atoms with E-state index in [9.17, 15) is 5.11 Å². The molecule has 0 aromatic rings. The molecule has 0 amide bonds. The maximum Gasteiger partial charge on any atom is 0.191 e. The maximum atomic E-state index is 10.1. The summed E-state index contributed by atoms with van der Waals surface area (Å²) in [5.41, 5.74) is 0. The SMILES string of the molecule is C=CCCCCCCCC(O)CCCCCCO[Si](C)(C)C(C)(C)C. The van der Waals surface area contributed by atoms with Crippen molar-refractivity contribution in [2.75, 3.05) is 6.61 Å². The average Bonchev–Trinajstić information content (AvgIpc) is 2.52. The largest absolute Gasteiger partial charge is 0.417 e. The highest BCUT2D eigenvalue weighted by Gasteiger charge is 2.36. The molecule has 0 aliphatic heterocycles. The van der Waals surface area contributed by atoms with Crippen LogP contribution in [0.1, 0.15) is 97.8 Å². The Morgan fingerprint density at radius 3 is 1.88 bits per heavy atom. The van der Waals surface area contributed by atoms with Gasteiger partial charge in [0.15, 0.2) is 8.32 Å². The van der Waals surface area contributed by atoms with Crippen LogP contribution in [0.15, 0.2) is 12.7 Å². The molecule has 150 valence electrons. The minimum Gasteiger partial charge on any atom is -0.417 e. The van der Waals surface area contributed by atoms with Crippen LogP contribution >= 0.6 is 0 Å². The van der Waals surface area contributed by atoms with E-state index in [1.165, 1.54) is 44.9 Å². The number of allylic oxidation sites excluding steroid dienone is 1. The lowest BCUT2D eigenvalue weighted by Crippen LogP contribution is -2.40. The standard InChI is InChI=1S/C22H46O2Si/c1-7-8-9-10-11-12-15-18-21(23)19-16-13-14-17-20-24-25(5,6)22(2,3)4/h7,21,23H,1,8-20H2,2-6H3. The van der Waals surface area contributed by atoms with E-state index in [1.54, 1.807) is 0 Å². The summed E-state index contributed by atoms with van der Waals surface area (Å²) in [5.74, 6) is 0. The molecule has 25 heavy (non-hydrogen) atoms. The summed E-state index contributed by atoms with van der Waals surface area (Å²) in [6, 6.07) is 0. The average molecular weight is 371 g/mol. The molecule has 0 aliphatic rings. The van der Waals surface area contributed by atoms with Crippen LogP contribution in [0, 0.1) is 0 Å². The molecule has 0 aromatic carbocycles. The quantitative estimate of drug-likeness (QED) is 0.176. The Morgan fingerprint density at radius 2 is 1.36 bits per heavy atom. The molecule has 1 unspecified atom stereocenters. The monoisotopic (exact) mass is 370 g/mol. The van der Waals surface area contributed by atoms with Crippen molar-refractivity contribution in [3.8, 4) is 0 Å². The predicted molar refractivity (Wildman–Crippen MR) is 115 cm³/mol. The van der Waals surface area contributed by atoms with Gasteiger partial charge in [-0.1, -0.05) is 71.8 Å². The molecule has 0 saturated heterocycles. The molecule has 0 rings (SSSR count). The van der Waals surface area contributed by atoms with Gasteiger partial charge in [-0.3, -0.25) is 0 Å². The van der Waals surface area contributed by atoms with E-state index in [1.807, 2.05) is 6.08 Å². The van der Waals surface area contributed by atoms with E-state index >= 15 is 0 Å². The molecular weight excluding hydrogens is 324 g/mol. The van der Waals surface area contributed by atoms with Crippen molar-refractivity contribution in [3.63, 3.8) is 0 Å². The summed E-state index contributed by atoms with van der Waals surface area (Å²) in [4.78, 5) is 0. The van der Waals surface area contributed by atoms with Crippen molar-refractivity contribution in [1.82, 2.24) is 0 Å². The minimum atomic E-state index is -1.57. The third-order valence-corrected chi connectivity index (χ3v) is 10.2. The van der Waals surface area contributed by atoms with Crippen LogP contribution in [0.5, 0.6) is 0 Å². The smallest absolute Gasteiger partial charge is 0.191 e. The first-order chi connectivity index (χ1) is 11.7. The summed E-state index contributed by atoms with van der Waals surface area (Å²) >= 11 is 0. The molecule has 0 radical (unpaired) electrons. The Bertz CT molecular complexity index is 320. The van der Waals surface area contributed by atoms with Crippen LogP contribution in [0.25, 0.3) is 0 Å². The summed E-state index contributed by atoms with van der Waals surface area (Å²) in [6.45, 7) is 16.2. The van der Waals surface area contributed by atoms with E-state index in [-0.39, 0.29) is 6.10 Å². The summed E-state index contributed by atoms with van der Waals surface area (Å²) in [7, 11) is -1.57. The van der Waals surface area contributed by atoms with Crippen LogP contribution in [-0.2, 0) is 4.43 Å². The van der Waals surface area contributed by atoms with Crippen LogP contribution in [-0.4, -0.2) is 26.1 Å². The summed E-state index contributed by atoms with van der Waals surface area (Å²) < 4.78 is 6.21. The first-order valence-electron chi connectivity index (χ1n) is 10.6. The highest BCUT2D eigenvalue weighted by Crippen LogP contribution is 2.36. The van der Waals surface area contributed by atoms with Crippen LogP contribution in [0.4, 0.5) is 0 Å². The first kappa shape index (κ1) is 24.9. The van der Waals surface area contributed by atoms with Gasteiger partial charge in [-0.15, -0.1) is 6.58 Å². The fourth-order valence-corrected chi connectivity index (χ4v) is 3.81. The topological polar surface area (TPSA) is 29.5 Å². The van der Waals surface area contributed by atoms with Crippen molar-refractivity contribution in [1.29, 1.82) is 0 Å². The van der Waals surface area contributed by atoms with E-state index < -0.39 is 8.32 Å². The Hall–Kier alpha value is -0.123. The van der Waals surface area contributed by atoms with Gasteiger partial charge < -0.3 is 9.53 Å². The van der Waals surface area contributed by atoms with E-state index in [2.05, 4.69) is 40.4 Å². The van der Waals surface area contributed by atoms with Gasteiger partial charge >= 0.3 is 0 Å². The third-order valence-electron chi connectivity index (χ3n) is 5.65. The number of unbranched alkanes of at least 4 members (excludes halogenated alkanes) is 8. The Balaban J connectivity index is 3.43. The highest BCUT2D eigenvalue weighted by molar-refractivity contribution is 6.74. The number of rotatable bonds is 16. The lowest BCUT2D eigenvalue weighted by molar-refractivity contribution is 0.147. The van der Waals surface area contributed by atoms with Gasteiger partial charge in [0.2, 0.25) is 0 Å². The zero-order valence-corrected chi connectivity index (χ0v) is 18.9. The van der Waals surface area contributed by atoms with Gasteiger partial charge in [0.1, 0.15) is 0 Å². The van der Waals surface area contributed by atoms with Gasteiger partial charge in [0, 0.05) is 6.61 Å². The molecule has 0 spiro atoms. The Morgan fingerprint density at radius 1 is 0.880 bits per heavy atom. The third kappa shape index (κ3) is 13.7. The molecule has 0 aliphatic carbocycles. The fourth-order valence-electron chi connectivity index (χ4n) is 2.72. The van der Waals surface area contributed by atoms with Gasteiger partial charge in [0.05, 0.1) is 6.10 Å². The molecule has 0 aromatic heterocycles. The second-order valence-corrected chi connectivity index (χ2v) is 13.9. The van der Waals surface area contributed by atoms with Crippen LogP contribution in [0.2, 0.25) is 18.1 Å². The van der Waals surface area contributed by atoms with E-state index in [0.29, 0.717) is 5.04 Å². The van der Waals surface area contributed by atoms with Gasteiger partial charge in [0.25, 0.3) is 0 Å². The number of hydrogen-bond acceptors (Lipinski definition) is 2. The van der Waals surface area contributed by atoms with Crippen molar-refractivity contribution >= 4 is 8.32 Å². The summed E-state index contributed by atoms with van der Waals surface area (Å²) in [6.07, 6.45) is 16.1. The Labute approximate surface area is 159 Å². The number of aliphatic hydroxyl groups excluding tert-OH is 1. The van der Waals surface area contributed by atoms with Gasteiger partial charge in [-0.05, 0) is 50.2 Å². The Kier molecular flexibility index (Phi) is 13.9. The van der Waals surface area contributed by atoms with Gasteiger partial charge in [-0.25, -0.2) is 0 Å². The van der Waals surface area contributed by atoms with Crippen molar-refractivity contribution in [2.45, 2.75) is 122 Å². The molecule has 1 atom stereocenters. The molecule has 0 heterocycles. The fraction of sp³-hybridized carbons (Fsp3) is 0.909. The lowest BCUT2D eigenvalue weighted by Gasteiger charge is -2.36. The van der Waals surface area contributed by atoms with E-state index in [4.69, 9.17) is 4.43 Å². The second kappa shape index (κ2) is 14.0. The second-order valence-electron chi connectivity index (χ2n) is 9.10. The highest BCUT2D eigenvalue weighted by atomic mass is 28.4. The molecule has 0 fully saturated rings. The van der Waals surface area contributed by atoms with Crippen LogP contribution in [0.3, 0.4) is 0 Å². The van der Waals surface area contributed by atoms with Crippen molar-refractivity contribution < 1.29 is 9.53 Å². The van der Waals surface area contributed by atoms with Gasteiger partial charge in [-0.2, -0.15) is 0 Å². The number of hydrogen-bond donors (Lipinski definition) is 1.